The van der Waals surface area contributed by atoms with Crippen molar-refractivity contribution in [1.82, 2.24) is 0 Å². The summed E-state index contributed by atoms with van der Waals surface area (Å²) in [6.07, 6.45) is 13.0. The second-order valence-electron chi connectivity index (χ2n) is 8.85. The summed E-state index contributed by atoms with van der Waals surface area (Å²) >= 11 is 0. The summed E-state index contributed by atoms with van der Waals surface area (Å²) in [7, 11) is 0. The molecule has 0 aromatic rings. The molecule has 0 bridgehead atoms. The molecule has 23 heavy (non-hydrogen) atoms. The first kappa shape index (κ1) is 15.4. The molecule has 0 aromatic heterocycles. The van der Waals surface area contributed by atoms with Gasteiger partial charge in [0.1, 0.15) is 5.78 Å². The van der Waals surface area contributed by atoms with Crippen molar-refractivity contribution < 1.29 is 9.59 Å². The maximum absolute atomic E-state index is 12.1. The second kappa shape index (κ2) is 4.91. The Morgan fingerprint density at radius 2 is 1.96 bits per heavy atom. The van der Waals surface area contributed by atoms with E-state index in [-0.39, 0.29) is 16.7 Å². The van der Waals surface area contributed by atoms with E-state index in [4.69, 9.17) is 0 Å². The Balaban J connectivity index is 1.74. The minimum Gasteiger partial charge on any atom is -0.300 e. The third-order valence-electron chi connectivity index (χ3n) is 7.89. The summed E-state index contributed by atoms with van der Waals surface area (Å²) in [6.45, 7) is 6.47. The zero-order valence-corrected chi connectivity index (χ0v) is 14.6. The van der Waals surface area contributed by atoms with Gasteiger partial charge in [0.2, 0.25) is 0 Å². The highest BCUT2D eigenvalue weighted by Crippen LogP contribution is 2.64. The maximum atomic E-state index is 12.1. The first-order valence-corrected chi connectivity index (χ1v) is 9.30. The molecule has 4 aliphatic carbocycles. The molecule has 0 amide bonds. The van der Waals surface area contributed by atoms with E-state index in [1.807, 2.05) is 6.08 Å². The van der Waals surface area contributed by atoms with Gasteiger partial charge in [-0.15, -0.1) is 0 Å². The van der Waals surface area contributed by atoms with Gasteiger partial charge in [-0.2, -0.15) is 0 Å². The molecule has 4 aliphatic rings. The SMILES string of the molecule is CC(=O)[C@@H]1CC[C@@H]2[C@H]3CCC4=CC(=O)CC[C@]4(C)[C@@H]3C=C[C@@]21C. The molecule has 0 radical (unpaired) electrons. The van der Waals surface area contributed by atoms with Crippen LogP contribution in [0.2, 0.25) is 0 Å². The second-order valence-corrected chi connectivity index (χ2v) is 8.85. The summed E-state index contributed by atoms with van der Waals surface area (Å²) in [5.41, 5.74) is 1.63. The quantitative estimate of drug-likeness (QED) is 0.668. The van der Waals surface area contributed by atoms with Crippen molar-refractivity contribution in [2.45, 2.75) is 59.3 Å². The predicted octanol–water partition coefficient (Wildman–Crippen LogP) is 4.50. The normalized spacial score (nSPS) is 48.3. The van der Waals surface area contributed by atoms with Crippen molar-refractivity contribution >= 4 is 11.6 Å². The highest BCUT2D eigenvalue weighted by Gasteiger charge is 2.57. The third kappa shape index (κ3) is 1.99. The van der Waals surface area contributed by atoms with Gasteiger partial charge < -0.3 is 0 Å². The molecule has 0 N–H and O–H groups in total. The Labute approximate surface area is 139 Å². The van der Waals surface area contributed by atoms with Crippen LogP contribution in [0.15, 0.2) is 23.8 Å². The lowest BCUT2D eigenvalue weighted by Gasteiger charge is -2.55. The van der Waals surface area contributed by atoms with Gasteiger partial charge >= 0.3 is 0 Å². The van der Waals surface area contributed by atoms with E-state index in [0.717, 1.165) is 19.3 Å². The maximum Gasteiger partial charge on any atom is 0.155 e. The number of fused-ring (bicyclic) bond motifs is 5. The van der Waals surface area contributed by atoms with Crippen LogP contribution in [0, 0.1) is 34.5 Å². The van der Waals surface area contributed by atoms with Crippen LogP contribution in [-0.2, 0) is 9.59 Å². The molecule has 0 saturated heterocycles. The summed E-state index contributed by atoms with van der Waals surface area (Å²) in [5, 5.41) is 0. The number of carbonyl (C=O) groups excluding carboxylic acids is 2. The van der Waals surface area contributed by atoms with Crippen LogP contribution in [0.25, 0.3) is 0 Å². The van der Waals surface area contributed by atoms with Crippen molar-refractivity contribution in [2.75, 3.05) is 0 Å². The summed E-state index contributed by atoms with van der Waals surface area (Å²) < 4.78 is 0. The Morgan fingerprint density at radius 3 is 2.70 bits per heavy atom. The molecule has 2 nitrogen and oxygen atoms in total. The van der Waals surface area contributed by atoms with E-state index in [1.165, 1.54) is 18.4 Å². The van der Waals surface area contributed by atoms with Crippen molar-refractivity contribution in [1.29, 1.82) is 0 Å². The van der Waals surface area contributed by atoms with Crippen LogP contribution in [-0.4, -0.2) is 11.6 Å². The molecule has 0 aromatic carbocycles. The highest BCUT2D eigenvalue weighted by molar-refractivity contribution is 5.91. The van der Waals surface area contributed by atoms with Gasteiger partial charge in [0, 0.05) is 12.3 Å². The van der Waals surface area contributed by atoms with E-state index in [1.54, 1.807) is 6.92 Å². The van der Waals surface area contributed by atoms with E-state index in [2.05, 4.69) is 26.0 Å². The number of hydrogen-bond acceptors (Lipinski definition) is 2. The van der Waals surface area contributed by atoms with Crippen molar-refractivity contribution in [3.05, 3.63) is 23.8 Å². The van der Waals surface area contributed by atoms with Gasteiger partial charge in [-0.25, -0.2) is 0 Å². The zero-order chi connectivity index (χ0) is 16.4. The average molecular weight is 312 g/mol. The minimum absolute atomic E-state index is 0.0645. The average Bonchev–Trinajstić information content (AvgIpc) is 2.85. The minimum atomic E-state index is 0.0645. The first-order chi connectivity index (χ1) is 10.9. The zero-order valence-electron chi connectivity index (χ0n) is 14.6. The number of ketones is 2. The molecule has 124 valence electrons. The lowest BCUT2D eigenvalue weighted by molar-refractivity contribution is -0.124. The smallest absolute Gasteiger partial charge is 0.155 e. The van der Waals surface area contributed by atoms with Crippen LogP contribution >= 0.6 is 0 Å². The number of Topliss-reactive ketones (excluding diaryl/α,β-unsaturated/α-hetero) is 1. The van der Waals surface area contributed by atoms with Gasteiger partial charge in [0.15, 0.2) is 5.78 Å². The van der Waals surface area contributed by atoms with Gasteiger partial charge in [-0.3, -0.25) is 9.59 Å². The molecule has 0 aliphatic heterocycles. The monoisotopic (exact) mass is 312 g/mol. The molecule has 6 atom stereocenters. The largest absolute Gasteiger partial charge is 0.300 e. The topological polar surface area (TPSA) is 34.1 Å². The molecule has 0 unspecified atom stereocenters. The van der Waals surface area contributed by atoms with Crippen LogP contribution in [0.5, 0.6) is 0 Å². The molecule has 2 heteroatoms. The summed E-state index contributed by atoms with van der Waals surface area (Å²) in [4.78, 5) is 24.0. The van der Waals surface area contributed by atoms with E-state index in [0.29, 0.717) is 35.7 Å². The van der Waals surface area contributed by atoms with Gasteiger partial charge in [0.05, 0.1) is 0 Å². The van der Waals surface area contributed by atoms with Gasteiger partial charge in [-0.05, 0) is 73.7 Å². The van der Waals surface area contributed by atoms with Gasteiger partial charge in [0.25, 0.3) is 0 Å². The number of rotatable bonds is 1. The Bertz CT molecular complexity index is 628. The molecule has 0 spiro atoms. The predicted molar refractivity (Wildman–Crippen MR) is 90.8 cm³/mol. The molecule has 0 heterocycles. The Hall–Kier alpha value is -1.18. The lowest BCUT2D eigenvalue weighted by Crippen LogP contribution is -2.48. The summed E-state index contributed by atoms with van der Waals surface area (Å²) in [5.74, 6) is 2.77. The summed E-state index contributed by atoms with van der Waals surface area (Å²) in [6, 6.07) is 0. The third-order valence-corrected chi connectivity index (χ3v) is 7.89. The Kier molecular flexibility index (Phi) is 3.28. The molecule has 2 saturated carbocycles. The number of carbonyl (C=O) groups is 2. The molecular formula is C21H28O2. The number of allylic oxidation sites excluding steroid dienone is 4. The fourth-order valence-electron chi connectivity index (χ4n) is 6.59. The van der Waals surface area contributed by atoms with Gasteiger partial charge in [-0.1, -0.05) is 31.6 Å². The Morgan fingerprint density at radius 1 is 1.17 bits per heavy atom. The highest BCUT2D eigenvalue weighted by atomic mass is 16.1. The first-order valence-electron chi connectivity index (χ1n) is 9.30. The number of hydrogen-bond donors (Lipinski definition) is 0. The van der Waals surface area contributed by atoms with Crippen molar-refractivity contribution in [3.8, 4) is 0 Å². The van der Waals surface area contributed by atoms with Crippen LogP contribution < -0.4 is 0 Å². The van der Waals surface area contributed by atoms with E-state index < -0.39 is 0 Å². The van der Waals surface area contributed by atoms with Crippen molar-refractivity contribution in [2.24, 2.45) is 34.5 Å². The standard InChI is InChI=1S/C21H28O2/c1-13(22)17-6-7-18-16-5-4-14-12-15(23)8-10-20(14,2)19(16)9-11-21(17,18)3/h9,11-12,16-19H,4-8,10H2,1-3H3/t16-,17+,18-,19-,20+,21-/m1/s1. The molecular weight excluding hydrogens is 284 g/mol. The molecule has 2 fully saturated rings. The molecule has 4 rings (SSSR count). The van der Waals surface area contributed by atoms with E-state index >= 15 is 0 Å². The fraction of sp³-hybridized carbons (Fsp3) is 0.714. The van der Waals surface area contributed by atoms with Crippen LogP contribution in [0.3, 0.4) is 0 Å². The van der Waals surface area contributed by atoms with Crippen LogP contribution in [0.4, 0.5) is 0 Å². The fourth-order valence-corrected chi connectivity index (χ4v) is 6.59. The van der Waals surface area contributed by atoms with Crippen molar-refractivity contribution in [3.63, 3.8) is 0 Å². The lowest BCUT2D eigenvalue weighted by atomic mass is 9.49. The van der Waals surface area contributed by atoms with E-state index in [9.17, 15) is 9.59 Å². The van der Waals surface area contributed by atoms with Crippen LogP contribution in [0.1, 0.15) is 59.3 Å².